The summed E-state index contributed by atoms with van der Waals surface area (Å²) in [6.07, 6.45) is 0.436. The molecule has 0 heterocycles. The fraction of sp³-hybridized carbons (Fsp3) is 0.417. The van der Waals surface area contributed by atoms with Gasteiger partial charge in [-0.1, -0.05) is 12.1 Å². The molecule has 0 aliphatic carbocycles. The molecule has 0 saturated heterocycles. The smallest absolute Gasteiger partial charge is 0.119 e. The van der Waals surface area contributed by atoms with Gasteiger partial charge in [-0.25, -0.2) is 0 Å². The van der Waals surface area contributed by atoms with E-state index in [0.29, 0.717) is 26.2 Å². The van der Waals surface area contributed by atoms with Crippen LogP contribution < -0.4 is 4.74 Å². The minimum absolute atomic E-state index is 0.436. The Morgan fingerprint density at radius 2 is 1.88 bits per heavy atom. The molecule has 1 aromatic rings. The van der Waals surface area contributed by atoms with Crippen molar-refractivity contribution in [2.75, 3.05) is 25.6 Å². The number of hydrogen-bond acceptors (Lipinski definition) is 4. The highest BCUT2D eigenvalue weighted by Crippen LogP contribution is 2.12. The van der Waals surface area contributed by atoms with Gasteiger partial charge in [-0.15, -0.1) is 0 Å². The van der Waals surface area contributed by atoms with Crippen LogP contribution >= 0.6 is 12.6 Å². The number of nitriles is 1. The Kier molecular flexibility index (Phi) is 6.47. The van der Waals surface area contributed by atoms with E-state index in [0.717, 1.165) is 17.1 Å². The molecule has 0 atom stereocenters. The van der Waals surface area contributed by atoms with E-state index in [-0.39, 0.29) is 0 Å². The monoisotopic (exact) mass is 237 g/mol. The van der Waals surface area contributed by atoms with Gasteiger partial charge < -0.3 is 9.47 Å². The third-order valence-electron chi connectivity index (χ3n) is 1.94. The average Bonchev–Trinajstić information content (AvgIpc) is 2.31. The standard InChI is InChI=1S/C12H15NO2S/c13-6-5-11-1-3-12(4-2-11)15-8-7-14-9-10-16/h1-4,16H,5,7-10H2. The zero-order valence-electron chi connectivity index (χ0n) is 9.06. The minimum Gasteiger partial charge on any atom is -0.491 e. The number of nitrogens with zero attached hydrogens (tertiary/aromatic N) is 1. The van der Waals surface area contributed by atoms with Crippen LogP contribution in [0.15, 0.2) is 24.3 Å². The van der Waals surface area contributed by atoms with E-state index in [9.17, 15) is 0 Å². The van der Waals surface area contributed by atoms with Crippen LogP contribution in [0, 0.1) is 11.3 Å². The Morgan fingerprint density at radius 1 is 1.12 bits per heavy atom. The minimum atomic E-state index is 0.436. The van der Waals surface area contributed by atoms with Crippen molar-refractivity contribution < 1.29 is 9.47 Å². The molecule has 0 amide bonds. The quantitative estimate of drug-likeness (QED) is 0.583. The molecule has 1 rings (SSSR count). The summed E-state index contributed by atoms with van der Waals surface area (Å²) in [5.41, 5.74) is 1.00. The van der Waals surface area contributed by atoms with Gasteiger partial charge in [-0.3, -0.25) is 0 Å². The zero-order valence-corrected chi connectivity index (χ0v) is 9.95. The van der Waals surface area contributed by atoms with E-state index in [1.807, 2.05) is 24.3 Å². The van der Waals surface area contributed by atoms with E-state index < -0.39 is 0 Å². The van der Waals surface area contributed by atoms with Gasteiger partial charge in [0.2, 0.25) is 0 Å². The number of hydrogen-bond donors (Lipinski definition) is 1. The Morgan fingerprint density at radius 3 is 2.50 bits per heavy atom. The van der Waals surface area contributed by atoms with Gasteiger partial charge in [0, 0.05) is 5.75 Å². The number of ether oxygens (including phenoxy) is 2. The fourth-order valence-corrected chi connectivity index (χ4v) is 1.31. The Labute approximate surface area is 101 Å². The Hall–Kier alpha value is -1.18. The second-order valence-corrected chi connectivity index (χ2v) is 3.61. The summed E-state index contributed by atoms with van der Waals surface area (Å²) < 4.78 is 10.7. The molecule has 0 saturated carbocycles. The van der Waals surface area contributed by atoms with Gasteiger partial charge in [0.05, 0.1) is 25.7 Å². The Balaban J connectivity index is 2.24. The summed E-state index contributed by atoms with van der Waals surface area (Å²) in [6, 6.07) is 9.63. The molecule has 86 valence electrons. The van der Waals surface area contributed by atoms with Crippen molar-refractivity contribution in [2.45, 2.75) is 6.42 Å². The highest BCUT2D eigenvalue weighted by Gasteiger charge is 1.95. The molecule has 3 nitrogen and oxygen atoms in total. The van der Waals surface area contributed by atoms with Crippen molar-refractivity contribution in [1.82, 2.24) is 0 Å². The summed E-state index contributed by atoms with van der Waals surface area (Å²) in [6.45, 7) is 1.75. The van der Waals surface area contributed by atoms with E-state index in [2.05, 4.69) is 18.7 Å². The molecule has 0 bridgehead atoms. The van der Waals surface area contributed by atoms with Crippen LogP contribution in [0.5, 0.6) is 5.75 Å². The van der Waals surface area contributed by atoms with Crippen molar-refractivity contribution in [1.29, 1.82) is 5.26 Å². The van der Waals surface area contributed by atoms with Gasteiger partial charge in [0.25, 0.3) is 0 Å². The predicted molar refractivity (Wildman–Crippen MR) is 65.9 cm³/mol. The molecule has 1 aromatic carbocycles. The van der Waals surface area contributed by atoms with Crippen molar-refractivity contribution in [2.24, 2.45) is 0 Å². The fourth-order valence-electron chi connectivity index (χ4n) is 1.18. The lowest BCUT2D eigenvalue weighted by molar-refractivity contribution is 0.112. The third-order valence-corrected chi connectivity index (χ3v) is 2.12. The van der Waals surface area contributed by atoms with Gasteiger partial charge in [-0.05, 0) is 17.7 Å². The van der Waals surface area contributed by atoms with Crippen molar-refractivity contribution in [3.05, 3.63) is 29.8 Å². The molecule has 0 aliphatic rings. The molecule has 16 heavy (non-hydrogen) atoms. The Bertz CT molecular complexity index is 332. The lowest BCUT2D eigenvalue weighted by Gasteiger charge is -2.06. The molecule has 0 N–H and O–H groups in total. The summed E-state index contributed by atoms with van der Waals surface area (Å²) in [5, 5.41) is 8.51. The first-order chi connectivity index (χ1) is 7.86. The highest BCUT2D eigenvalue weighted by molar-refractivity contribution is 7.80. The largest absolute Gasteiger partial charge is 0.491 e. The van der Waals surface area contributed by atoms with Crippen LogP contribution in [0.3, 0.4) is 0 Å². The molecule has 0 fully saturated rings. The third kappa shape index (κ3) is 5.06. The molecule has 4 heteroatoms. The van der Waals surface area contributed by atoms with Crippen molar-refractivity contribution >= 4 is 12.6 Å². The molecule has 0 unspecified atom stereocenters. The first-order valence-corrected chi connectivity index (χ1v) is 5.77. The van der Waals surface area contributed by atoms with Crippen LogP contribution in [0.1, 0.15) is 5.56 Å². The van der Waals surface area contributed by atoms with Crippen LogP contribution in [-0.2, 0) is 11.2 Å². The van der Waals surface area contributed by atoms with Gasteiger partial charge in [0.1, 0.15) is 12.4 Å². The second kappa shape index (κ2) is 8.03. The van der Waals surface area contributed by atoms with E-state index >= 15 is 0 Å². The average molecular weight is 237 g/mol. The summed E-state index contributed by atoms with van der Waals surface area (Å²) in [5.74, 6) is 1.53. The SMILES string of the molecule is N#CCc1ccc(OCCOCCS)cc1. The topological polar surface area (TPSA) is 42.2 Å². The lowest BCUT2D eigenvalue weighted by Crippen LogP contribution is -2.07. The van der Waals surface area contributed by atoms with E-state index in [1.54, 1.807) is 0 Å². The number of thiol groups is 1. The van der Waals surface area contributed by atoms with Gasteiger partial charge >= 0.3 is 0 Å². The number of benzene rings is 1. The summed E-state index contributed by atoms with van der Waals surface area (Å²) in [7, 11) is 0. The molecule has 0 aliphatic heterocycles. The van der Waals surface area contributed by atoms with Gasteiger partial charge in [0.15, 0.2) is 0 Å². The van der Waals surface area contributed by atoms with Crippen molar-refractivity contribution in [3.8, 4) is 11.8 Å². The van der Waals surface area contributed by atoms with E-state index in [4.69, 9.17) is 14.7 Å². The van der Waals surface area contributed by atoms with E-state index in [1.165, 1.54) is 0 Å². The van der Waals surface area contributed by atoms with Crippen LogP contribution in [0.4, 0.5) is 0 Å². The maximum atomic E-state index is 8.51. The van der Waals surface area contributed by atoms with Crippen LogP contribution in [0.2, 0.25) is 0 Å². The molecule has 0 radical (unpaired) electrons. The van der Waals surface area contributed by atoms with Crippen LogP contribution in [0.25, 0.3) is 0 Å². The first-order valence-electron chi connectivity index (χ1n) is 5.14. The van der Waals surface area contributed by atoms with Gasteiger partial charge in [-0.2, -0.15) is 17.9 Å². The lowest BCUT2D eigenvalue weighted by atomic mass is 10.2. The molecular formula is C12H15NO2S. The maximum Gasteiger partial charge on any atom is 0.119 e. The zero-order chi connectivity index (χ0) is 11.6. The maximum absolute atomic E-state index is 8.51. The summed E-state index contributed by atoms with van der Waals surface area (Å²) in [4.78, 5) is 0. The molecular weight excluding hydrogens is 222 g/mol. The normalized spacial score (nSPS) is 9.75. The highest BCUT2D eigenvalue weighted by atomic mass is 32.1. The first kappa shape index (κ1) is 12.9. The number of rotatable bonds is 7. The second-order valence-electron chi connectivity index (χ2n) is 3.16. The summed E-state index contributed by atoms with van der Waals surface area (Å²) >= 11 is 4.03. The predicted octanol–water partition coefficient (Wildman–Crippen LogP) is 2.08. The van der Waals surface area contributed by atoms with Crippen LogP contribution in [-0.4, -0.2) is 25.6 Å². The molecule has 0 spiro atoms. The molecule has 0 aromatic heterocycles. The van der Waals surface area contributed by atoms with Crippen molar-refractivity contribution in [3.63, 3.8) is 0 Å².